The molecule has 0 amide bonds. The van der Waals surface area contributed by atoms with Crippen molar-refractivity contribution in [3.05, 3.63) is 76.8 Å². The third-order valence-corrected chi connectivity index (χ3v) is 3.48. The van der Waals surface area contributed by atoms with Crippen LogP contribution in [-0.4, -0.2) is 12.2 Å². The minimum absolute atomic E-state index is 0.0556. The first-order chi connectivity index (χ1) is 12.4. The Bertz CT molecular complexity index is 778. The summed E-state index contributed by atoms with van der Waals surface area (Å²) in [6.07, 6.45) is 0.171. The maximum absolute atomic E-state index is 9.40. The Balaban J connectivity index is 2.44. The lowest BCUT2D eigenvalue weighted by atomic mass is 9.96. The van der Waals surface area contributed by atoms with Crippen molar-refractivity contribution in [3.8, 4) is 17.6 Å². The van der Waals surface area contributed by atoms with Crippen LogP contribution < -0.4 is 9.47 Å². The van der Waals surface area contributed by atoms with Gasteiger partial charge in [0.1, 0.15) is 11.5 Å². The maximum Gasteiger partial charge on any atom is 0.270 e. The Morgan fingerprint density at radius 3 is 1.50 bits per heavy atom. The highest BCUT2D eigenvalue weighted by atomic mass is 16.5. The number of nitrogens with zero attached hydrogens (tertiary/aromatic N) is 2. The van der Waals surface area contributed by atoms with Crippen LogP contribution in [0.5, 0.6) is 11.5 Å². The summed E-state index contributed by atoms with van der Waals surface area (Å²) in [5.74, 6) is 1.51. The molecule has 0 radical (unpaired) electrons. The normalized spacial score (nSPS) is 10.2. The van der Waals surface area contributed by atoms with Crippen LogP contribution in [0.3, 0.4) is 0 Å². The van der Waals surface area contributed by atoms with Crippen LogP contribution in [0.4, 0.5) is 0 Å². The van der Waals surface area contributed by atoms with Crippen LogP contribution >= 0.6 is 0 Å². The summed E-state index contributed by atoms with van der Waals surface area (Å²) in [6, 6.07) is 16.9. The van der Waals surface area contributed by atoms with E-state index in [0.717, 1.165) is 22.6 Å². The molecule has 0 fully saturated rings. The van der Waals surface area contributed by atoms with Crippen molar-refractivity contribution in [1.29, 1.82) is 5.26 Å². The molecule has 2 rings (SSSR count). The molecule has 0 atom stereocenters. The third kappa shape index (κ3) is 4.88. The smallest absolute Gasteiger partial charge is 0.270 e. The van der Waals surface area contributed by atoms with Crippen molar-refractivity contribution in [1.82, 2.24) is 0 Å². The minimum atomic E-state index is 0.0556. The number of ether oxygens (including phenoxy) is 2. The van der Waals surface area contributed by atoms with Gasteiger partial charge in [-0.15, -0.1) is 0 Å². The standard InChI is InChI=1S/C22H22N2O2/c1-15(2)25-19-10-6-17(7-11-19)22(21(14-23)24-5)18-8-12-20(13-9-18)26-16(3)4/h6-13,15-16H,1-4H3. The second-order valence-electron chi connectivity index (χ2n) is 6.33. The van der Waals surface area contributed by atoms with Crippen molar-refractivity contribution < 1.29 is 9.47 Å². The fraction of sp³-hybridized carbons (Fsp3) is 0.273. The first kappa shape index (κ1) is 19.1. The van der Waals surface area contributed by atoms with E-state index in [0.29, 0.717) is 5.57 Å². The molecule has 0 N–H and O–H groups in total. The van der Waals surface area contributed by atoms with Gasteiger partial charge in [-0.2, -0.15) is 0 Å². The highest BCUT2D eigenvalue weighted by Crippen LogP contribution is 2.30. The Hall–Kier alpha value is -3.24. The van der Waals surface area contributed by atoms with Crippen LogP contribution in [0, 0.1) is 17.9 Å². The number of hydrogen-bond donors (Lipinski definition) is 0. The van der Waals surface area contributed by atoms with Crippen LogP contribution in [0.2, 0.25) is 0 Å². The van der Waals surface area contributed by atoms with Gasteiger partial charge in [-0.1, -0.05) is 24.3 Å². The van der Waals surface area contributed by atoms with Crippen molar-refractivity contribution in [2.45, 2.75) is 39.9 Å². The summed E-state index contributed by atoms with van der Waals surface area (Å²) in [6.45, 7) is 15.2. The molecular formula is C22H22N2O2. The lowest BCUT2D eigenvalue weighted by molar-refractivity contribution is 0.242. The molecule has 0 aliphatic heterocycles. The van der Waals surface area contributed by atoms with Crippen molar-refractivity contribution in [3.63, 3.8) is 0 Å². The van der Waals surface area contributed by atoms with E-state index >= 15 is 0 Å². The van der Waals surface area contributed by atoms with E-state index in [-0.39, 0.29) is 17.9 Å². The summed E-state index contributed by atoms with van der Waals surface area (Å²) in [5.41, 5.74) is 2.26. The first-order valence-corrected chi connectivity index (χ1v) is 8.50. The van der Waals surface area contributed by atoms with Crippen LogP contribution in [0.15, 0.2) is 54.2 Å². The topological polar surface area (TPSA) is 46.6 Å². The number of benzene rings is 2. The fourth-order valence-electron chi connectivity index (χ4n) is 2.52. The van der Waals surface area contributed by atoms with E-state index in [1.807, 2.05) is 82.3 Å². The van der Waals surface area contributed by atoms with Gasteiger partial charge in [0, 0.05) is 5.57 Å². The SMILES string of the molecule is [C-]#[N+]C(C#N)=C(c1ccc(OC(C)C)cc1)c1ccc(OC(C)C)cc1. The lowest BCUT2D eigenvalue weighted by Gasteiger charge is -2.14. The number of rotatable bonds is 6. The third-order valence-electron chi connectivity index (χ3n) is 3.48. The maximum atomic E-state index is 9.40. The Kier molecular flexibility index (Phi) is 6.42. The highest BCUT2D eigenvalue weighted by Gasteiger charge is 2.13. The van der Waals surface area contributed by atoms with Gasteiger partial charge >= 0.3 is 0 Å². The fourth-order valence-corrected chi connectivity index (χ4v) is 2.52. The molecule has 0 aromatic heterocycles. The summed E-state index contributed by atoms with van der Waals surface area (Å²) >= 11 is 0. The summed E-state index contributed by atoms with van der Waals surface area (Å²) in [7, 11) is 0. The number of hydrogen-bond acceptors (Lipinski definition) is 3. The van der Waals surface area contributed by atoms with Gasteiger partial charge in [-0.25, -0.2) is 10.1 Å². The molecule has 2 aromatic carbocycles. The minimum Gasteiger partial charge on any atom is -0.491 e. The largest absolute Gasteiger partial charge is 0.491 e. The van der Waals surface area contributed by atoms with Crippen molar-refractivity contribution in [2.75, 3.05) is 0 Å². The summed E-state index contributed by atoms with van der Waals surface area (Å²) in [5, 5.41) is 9.40. The number of allylic oxidation sites excluding steroid dienone is 1. The molecule has 0 spiro atoms. The zero-order valence-corrected chi connectivity index (χ0v) is 15.5. The van der Waals surface area contributed by atoms with Gasteiger partial charge in [-0.05, 0) is 63.1 Å². The predicted octanol–water partition coefficient (Wildman–Crippen LogP) is 5.46. The molecule has 0 saturated carbocycles. The van der Waals surface area contributed by atoms with Gasteiger partial charge in [0.25, 0.3) is 5.70 Å². The molecule has 4 heteroatoms. The lowest BCUT2D eigenvalue weighted by Crippen LogP contribution is -2.05. The average Bonchev–Trinajstić information content (AvgIpc) is 2.60. The highest BCUT2D eigenvalue weighted by molar-refractivity contribution is 5.85. The van der Waals surface area contributed by atoms with Crippen molar-refractivity contribution >= 4 is 5.57 Å². The predicted molar refractivity (Wildman–Crippen MR) is 103 cm³/mol. The second kappa shape index (κ2) is 8.74. The molecule has 26 heavy (non-hydrogen) atoms. The molecule has 0 unspecified atom stereocenters. The summed E-state index contributed by atoms with van der Waals surface area (Å²) < 4.78 is 11.3. The van der Waals surface area contributed by atoms with E-state index < -0.39 is 0 Å². The summed E-state index contributed by atoms with van der Waals surface area (Å²) in [4.78, 5) is 3.41. The van der Waals surface area contributed by atoms with Gasteiger partial charge in [0.15, 0.2) is 0 Å². The molecular weight excluding hydrogens is 324 g/mol. The van der Waals surface area contributed by atoms with Gasteiger partial charge < -0.3 is 9.47 Å². The Morgan fingerprint density at radius 1 is 0.846 bits per heavy atom. The van der Waals surface area contributed by atoms with E-state index in [2.05, 4.69) is 4.85 Å². The van der Waals surface area contributed by atoms with E-state index in [1.165, 1.54) is 0 Å². The van der Waals surface area contributed by atoms with E-state index in [9.17, 15) is 5.26 Å². The molecule has 0 aliphatic rings. The van der Waals surface area contributed by atoms with E-state index in [4.69, 9.17) is 16.0 Å². The molecule has 0 saturated heterocycles. The zero-order chi connectivity index (χ0) is 19.1. The van der Waals surface area contributed by atoms with Gasteiger partial charge in [0.2, 0.25) is 0 Å². The molecule has 0 heterocycles. The zero-order valence-electron chi connectivity index (χ0n) is 15.5. The van der Waals surface area contributed by atoms with Crippen LogP contribution in [0.1, 0.15) is 38.8 Å². The molecule has 132 valence electrons. The van der Waals surface area contributed by atoms with E-state index in [1.54, 1.807) is 0 Å². The monoisotopic (exact) mass is 346 g/mol. The van der Waals surface area contributed by atoms with Crippen LogP contribution in [-0.2, 0) is 0 Å². The first-order valence-electron chi connectivity index (χ1n) is 8.50. The quantitative estimate of drug-likeness (QED) is 0.515. The number of nitriles is 1. The van der Waals surface area contributed by atoms with Crippen molar-refractivity contribution in [2.24, 2.45) is 0 Å². The molecule has 0 bridgehead atoms. The second-order valence-corrected chi connectivity index (χ2v) is 6.33. The van der Waals surface area contributed by atoms with Gasteiger partial charge in [-0.3, -0.25) is 0 Å². The molecule has 2 aromatic rings. The Morgan fingerprint density at radius 2 is 1.23 bits per heavy atom. The molecule has 4 nitrogen and oxygen atoms in total. The Labute approximate surface area is 155 Å². The van der Waals surface area contributed by atoms with Crippen LogP contribution in [0.25, 0.3) is 10.4 Å². The average molecular weight is 346 g/mol. The van der Waals surface area contributed by atoms with Gasteiger partial charge in [0.05, 0.1) is 24.8 Å². The molecule has 0 aliphatic carbocycles.